The van der Waals surface area contributed by atoms with E-state index in [9.17, 15) is 0 Å². The van der Waals surface area contributed by atoms with Gasteiger partial charge in [0.1, 0.15) is 0 Å². The monoisotopic (exact) mass is 235 g/mol. The van der Waals surface area contributed by atoms with Crippen molar-refractivity contribution in [2.45, 2.75) is 44.3 Å². The van der Waals surface area contributed by atoms with E-state index in [0.717, 1.165) is 34.8 Å². The molecule has 0 saturated heterocycles. The van der Waals surface area contributed by atoms with Gasteiger partial charge in [-0.25, -0.2) is 0 Å². The Morgan fingerprint density at radius 3 is 2.19 bits per heavy atom. The summed E-state index contributed by atoms with van der Waals surface area (Å²) in [4.78, 5) is 0. The summed E-state index contributed by atoms with van der Waals surface area (Å²) in [5, 5.41) is 9.41. The largest absolute Gasteiger partial charge is 0.197 e. The van der Waals surface area contributed by atoms with Crippen molar-refractivity contribution in [2.75, 3.05) is 5.75 Å². The van der Waals surface area contributed by atoms with E-state index in [1.54, 1.807) is 6.42 Å². The Morgan fingerprint density at radius 2 is 1.69 bits per heavy atom. The Hall–Kier alpha value is -0.160. The third-order valence-electron chi connectivity index (χ3n) is 5.25. The first-order valence-corrected chi connectivity index (χ1v) is 7.81. The second-order valence-corrected chi connectivity index (χ2v) is 7.55. The molecule has 0 aliphatic heterocycles. The molecule has 4 aliphatic rings. The summed E-state index contributed by atoms with van der Waals surface area (Å²) in [6, 6.07) is 2.28. The minimum atomic E-state index is 0.684. The first-order chi connectivity index (χ1) is 7.78. The van der Waals surface area contributed by atoms with Gasteiger partial charge < -0.3 is 0 Å². The quantitative estimate of drug-likeness (QED) is 0.744. The van der Waals surface area contributed by atoms with Crippen LogP contribution < -0.4 is 0 Å². The van der Waals surface area contributed by atoms with E-state index in [2.05, 4.69) is 13.0 Å². The zero-order valence-corrected chi connectivity index (χ0v) is 10.9. The van der Waals surface area contributed by atoms with Crippen molar-refractivity contribution in [3.8, 4) is 6.07 Å². The normalized spacial score (nSPS) is 46.6. The molecule has 4 bridgehead atoms. The van der Waals surface area contributed by atoms with E-state index in [1.165, 1.54) is 25.7 Å². The van der Waals surface area contributed by atoms with Crippen molar-refractivity contribution in [1.29, 1.82) is 5.26 Å². The fourth-order valence-electron chi connectivity index (χ4n) is 5.01. The lowest BCUT2D eigenvalue weighted by Gasteiger charge is -2.56. The number of rotatable bonds is 3. The van der Waals surface area contributed by atoms with Gasteiger partial charge in [0, 0.05) is 5.25 Å². The van der Waals surface area contributed by atoms with Crippen LogP contribution in [0, 0.1) is 40.9 Å². The van der Waals surface area contributed by atoms with E-state index >= 15 is 0 Å². The molecule has 0 aromatic heterocycles. The summed E-state index contributed by atoms with van der Waals surface area (Å²) in [6.07, 6.45) is 7.58. The van der Waals surface area contributed by atoms with E-state index < -0.39 is 0 Å². The summed E-state index contributed by atoms with van der Waals surface area (Å²) in [7, 11) is 0. The Kier molecular flexibility index (Phi) is 2.92. The fraction of sp³-hybridized carbons (Fsp3) is 0.929. The molecule has 1 atom stereocenters. The predicted octanol–water partition coefficient (Wildman–Crippen LogP) is 3.70. The predicted molar refractivity (Wildman–Crippen MR) is 68.1 cm³/mol. The van der Waals surface area contributed by atoms with Crippen LogP contribution in [0.2, 0.25) is 0 Å². The zero-order chi connectivity index (χ0) is 11.1. The molecule has 0 aromatic rings. The zero-order valence-electron chi connectivity index (χ0n) is 10.1. The number of nitriles is 1. The molecule has 0 N–H and O–H groups in total. The van der Waals surface area contributed by atoms with Crippen LogP contribution in [0.3, 0.4) is 0 Å². The maximum Gasteiger partial charge on any atom is 0.0810 e. The topological polar surface area (TPSA) is 23.8 Å². The highest BCUT2D eigenvalue weighted by Gasteiger charge is 2.49. The third-order valence-corrected chi connectivity index (χ3v) is 6.39. The van der Waals surface area contributed by atoms with Gasteiger partial charge in [-0.1, -0.05) is 6.92 Å². The molecule has 2 heteroatoms. The van der Waals surface area contributed by atoms with Crippen LogP contribution in [0.5, 0.6) is 0 Å². The Labute approximate surface area is 103 Å². The molecule has 4 aliphatic carbocycles. The van der Waals surface area contributed by atoms with Crippen LogP contribution in [0.15, 0.2) is 0 Å². The van der Waals surface area contributed by atoms with E-state index in [0.29, 0.717) is 5.75 Å². The highest BCUT2D eigenvalue weighted by molar-refractivity contribution is 8.00. The van der Waals surface area contributed by atoms with Gasteiger partial charge in [0.05, 0.1) is 11.8 Å². The average molecular weight is 235 g/mol. The summed E-state index contributed by atoms with van der Waals surface area (Å²) in [5.74, 6) is 5.80. The summed E-state index contributed by atoms with van der Waals surface area (Å²) < 4.78 is 0. The molecule has 4 saturated carbocycles. The van der Waals surface area contributed by atoms with Crippen molar-refractivity contribution >= 4 is 11.8 Å². The number of thioether (sulfide) groups is 1. The lowest BCUT2D eigenvalue weighted by Crippen LogP contribution is -2.48. The molecule has 4 fully saturated rings. The van der Waals surface area contributed by atoms with E-state index in [-0.39, 0.29) is 0 Å². The second kappa shape index (κ2) is 4.26. The second-order valence-electron chi connectivity index (χ2n) is 6.18. The van der Waals surface area contributed by atoms with Crippen molar-refractivity contribution in [2.24, 2.45) is 29.6 Å². The maximum absolute atomic E-state index is 8.69. The van der Waals surface area contributed by atoms with Crippen molar-refractivity contribution in [3.63, 3.8) is 0 Å². The molecule has 0 aromatic carbocycles. The Morgan fingerprint density at radius 1 is 1.12 bits per heavy atom. The van der Waals surface area contributed by atoms with Gasteiger partial charge >= 0.3 is 0 Å². The highest BCUT2D eigenvalue weighted by atomic mass is 32.2. The minimum absolute atomic E-state index is 0.684. The fourth-order valence-corrected chi connectivity index (χ4v) is 6.02. The number of hydrogen-bond acceptors (Lipinski definition) is 2. The molecule has 0 heterocycles. The van der Waals surface area contributed by atoms with Gasteiger partial charge in [0.2, 0.25) is 0 Å². The van der Waals surface area contributed by atoms with Gasteiger partial charge in [0.15, 0.2) is 0 Å². The van der Waals surface area contributed by atoms with E-state index in [4.69, 9.17) is 5.26 Å². The van der Waals surface area contributed by atoms with Gasteiger partial charge in [-0.3, -0.25) is 0 Å². The van der Waals surface area contributed by atoms with Crippen LogP contribution in [0.25, 0.3) is 0 Å². The third kappa shape index (κ3) is 1.78. The Bertz CT molecular complexity index is 278. The molecule has 0 spiro atoms. The molecule has 1 nitrogen and oxygen atoms in total. The maximum atomic E-state index is 8.69. The SMILES string of the molecule is CC(SCC#N)C1C2CC3CC(C2)CC1C3. The number of nitrogens with zero attached hydrogens (tertiary/aromatic N) is 1. The smallest absolute Gasteiger partial charge is 0.0810 e. The molecule has 88 valence electrons. The van der Waals surface area contributed by atoms with E-state index in [1.807, 2.05) is 11.8 Å². The van der Waals surface area contributed by atoms with Gasteiger partial charge in [0.25, 0.3) is 0 Å². The van der Waals surface area contributed by atoms with Crippen LogP contribution in [-0.4, -0.2) is 11.0 Å². The summed E-state index contributed by atoms with van der Waals surface area (Å²) >= 11 is 1.89. The highest BCUT2D eigenvalue weighted by Crippen LogP contribution is 2.58. The Balaban J connectivity index is 1.69. The molecular formula is C14H21NS. The van der Waals surface area contributed by atoms with Crippen LogP contribution in [0.1, 0.15) is 39.0 Å². The summed E-state index contributed by atoms with van der Waals surface area (Å²) in [5.41, 5.74) is 0. The summed E-state index contributed by atoms with van der Waals surface area (Å²) in [6.45, 7) is 2.37. The van der Waals surface area contributed by atoms with Crippen molar-refractivity contribution in [3.05, 3.63) is 0 Å². The van der Waals surface area contributed by atoms with Crippen LogP contribution >= 0.6 is 11.8 Å². The molecular weight excluding hydrogens is 214 g/mol. The lowest BCUT2D eigenvalue weighted by atomic mass is 9.51. The molecule has 0 radical (unpaired) electrons. The molecule has 0 amide bonds. The standard InChI is InChI=1S/C14H21NS/c1-9(16-3-2-15)14-12-5-10-4-11(7-12)8-13(14)6-10/h9-14H,3-8H2,1H3. The first-order valence-electron chi connectivity index (χ1n) is 6.76. The molecule has 16 heavy (non-hydrogen) atoms. The first kappa shape index (κ1) is 11.0. The minimum Gasteiger partial charge on any atom is -0.197 e. The van der Waals surface area contributed by atoms with Crippen LogP contribution in [-0.2, 0) is 0 Å². The average Bonchev–Trinajstić information content (AvgIpc) is 2.24. The molecule has 1 unspecified atom stereocenters. The van der Waals surface area contributed by atoms with Gasteiger partial charge in [-0.15, -0.1) is 11.8 Å². The molecule has 4 rings (SSSR count). The number of hydrogen-bond donors (Lipinski definition) is 0. The van der Waals surface area contributed by atoms with Gasteiger partial charge in [-0.2, -0.15) is 5.26 Å². The lowest BCUT2D eigenvalue weighted by molar-refractivity contribution is -0.0351. The van der Waals surface area contributed by atoms with Crippen LogP contribution in [0.4, 0.5) is 0 Å². The van der Waals surface area contributed by atoms with Crippen molar-refractivity contribution < 1.29 is 0 Å². The van der Waals surface area contributed by atoms with Crippen molar-refractivity contribution in [1.82, 2.24) is 0 Å². The van der Waals surface area contributed by atoms with Gasteiger partial charge in [-0.05, 0) is 61.7 Å².